The van der Waals surface area contributed by atoms with Gasteiger partial charge in [0, 0.05) is 7.05 Å². The van der Waals surface area contributed by atoms with Crippen LogP contribution in [0.1, 0.15) is 18.5 Å². The first kappa shape index (κ1) is 14.2. The lowest BCUT2D eigenvalue weighted by Gasteiger charge is -2.28. The van der Waals surface area contributed by atoms with E-state index in [1.807, 2.05) is 18.9 Å². The fourth-order valence-electron chi connectivity index (χ4n) is 2.12. The summed E-state index contributed by atoms with van der Waals surface area (Å²) in [6.45, 7) is 1.97. The molecule has 0 bridgehead atoms. The van der Waals surface area contributed by atoms with E-state index in [0.29, 0.717) is 11.4 Å². The van der Waals surface area contributed by atoms with E-state index in [1.165, 1.54) is 13.2 Å². The molecular formula is C16H18FNO2. The van der Waals surface area contributed by atoms with Crippen molar-refractivity contribution in [1.29, 1.82) is 0 Å². The molecule has 106 valence electrons. The van der Waals surface area contributed by atoms with E-state index in [2.05, 4.69) is 0 Å². The van der Waals surface area contributed by atoms with Crippen molar-refractivity contribution in [2.75, 3.05) is 19.1 Å². The molecule has 0 fully saturated rings. The average Bonchev–Trinajstić information content (AvgIpc) is 2.47. The second kappa shape index (κ2) is 5.82. The van der Waals surface area contributed by atoms with Gasteiger partial charge in [0.15, 0.2) is 11.5 Å². The van der Waals surface area contributed by atoms with Gasteiger partial charge < -0.3 is 14.7 Å². The quantitative estimate of drug-likeness (QED) is 0.922. The van der Waals surface area contributed by atoms with Gasteiger partial charge in [0.1, 0.15) is 5.82 Å². The predicted molar refractivity (Wildman–Crippen MR) is 77.9 cm³/mol. The number of hydrogen-bond donors (Lipinski definition) is 1. The lowest BCUT2D eigenvalue weighted by atomic mass is 10.1. The molecule has 2 aromatic carbocycles. The number of phenolic OH excluding ortho intramolecular Hbond substituents is 1. The summed E-state index contributed by atoms with van der Waals surface area (Å²) in [4.78, 5) is 1.85. The van der Waals surface area contributed by atoms with Crippen LogP contribution in [0.25, 0.3) is 0 Å². The van der Waals surface area contributed by atoms with Crippen LogP contribution in [0.5, 0.6) is 11.5 Å². The summed E-state index contributed by atoms with van der Waals surface area (Å²) >= 11 is 0. The Hall–Kier alpha value is -2.23. The number of phenols is 1. The van der Waals surface area contributed by atoms with E-state index in [4.69, 9.17) is 4.74 Å². The summed E-state index contributed by atoms with van der Waals surface area (Å²) in [6.07, 6.45) is 0. The highest BCUT2D eigenvalue weighted by atomic mass is 19.1. The van der Waals surface area contributed by atoms with Crippen molar-refractivity contribution < 1.29 is 14.2 Å². The molecule has 2 aromatic rings. The Morgan fingerprint density at radius 2 is 1.90 bits per heavy atom. The Labute approximate surface area is 118 Å². The standard InChI is InChI=1S/C16H18FNO2/c1-11(12-8-9-15(19)16(10-12)20-3)18(2)14-7-5-4-6-13(14)17/h4-11,19H,1-3H3. The monoisotopic (exact) mass is 275 g/mol. The molecule has 0 aromatic heterocycles. The van der Waals surface area contributed by atoms with Gasteiger partial charge in [0.05, 0.1) is 18.8 Å². The van der Waals surface area contributed by atoms with Gasteiger partial charge in [-0.1, -0.05) is 18.2 Å². The van der Waals surface area contributed by atoms with Gasteiger partial charge in [-0.3, -0.25) is 0 Å². The third-order valence-corrected chi connectivity index (χ3v) is 3.50. The van der Waals surface area contributed by atoms with Gasteiger partial charge in [-0.05, 0) is 36.8 Å². The number of ether oxygens (including phenoxy) is 1. The number of benzene rings is 2. The van der Waals surface area contributed by atoms with Crippen molar-refractivity contribution in [2.45, 2.75) is 13.0 Å². The second-order valence-corrected chi connectivity index (χ2v) is 4.67. The molecule has 2 rings (SSSR count). The average molecular weight is 275 g/mol. The van der Waals surface area contributed by atoms with Crippen LogP contribution in [0.2, 0.25) is 0 Å². The minimum atomic E-state index is -0.257. The molecule has 0 aliphatic heterocycles. The number of rotatable bonds is 4. The van der Waals surface area contributed by atoms with Gasteiger partial charge in [-0.25, -0.2) is 4.39 Å². The minimum absolute atomic E-state index is 0.0543. The van der Waals surface area contributed by atoms with Gasteiger partial charge in [0.2, 0.25) is 0 Å². The van der Waals surface area contributed by atoms with Crippen molar-refractivity contribution in [3.63, 3.8) is 0 Å². The first-order valence-electron chi connectivity index (χ1n) is 6.39. The first-order valence-corrected chi connectivity index (χ1v) is 6.39. The van der Waals surface area contributed by atoms with E-state index < -0.39 is 0 Å². The topological polar surface area (TPSA) is 32.7 Å². The van der Waals surface area contributed by atoms with E-state index in [0.717, 1.165) is 5.56 Å². The smallest absolute Gasteiger partial charge is 0.160 e. The Bertz CT molecular complexity index is 601. The molecule has 0 aliphatic rings. The molecular weight excluding hydrogens is 257 g/mol. The molecule has 0 saturated carbocycles. The van der Waals surface area contributed by atoms with Gasteiger partial charge in [0.25, 0.3) is 0 Å². The molecule has 0 saturated heterocycles. The highest BCUT2D eigenvalue weighted by Gasteiger charge is 2.16. The van der Waals surface area contributed by atoms with Crippen LogP contribution in [-0.2, 0) is 0 Å². The molecule has 0 amide bonds. The third-order valence-electron chi connectivity index (χ3n) is 3.50. The summed E-state index contributed by atoms with van der Waals surface area (Å²) < 4.78 is 18.9. The van der Waals surface area contributed by atoms with Crippen LogP contribution in [0.15, 0.2) is 42.5 Å². The van der Waals surface area contributed by atoms with Crippen LogP contribution in [0, 0.1) is 5.82 Å². The lowest BCUT2D eigenvalue weighted by Crippen LogP contribution is -2.22. The van der Waals surface area contributed by atoms with Gasteiger partial charge in [-0.15, -0.1) is 0 Å². The zero-order valence-corrected chi connectivity index (χ0v) is 11.8. The first-order chi connectivity index (χ1) is 9.54. The van der Waals surface area contributed by atoms with Gasteiger partial charge >= 0.3 is 0 Å². The Kier molecular flexibility index (Phi) is 4.13. The number of anilines is 1. The molecule has 0 radical (unpaired) electrons. The molecule has 4 heteroatoms. The number of hydrogen-bond acceptors (Lipinski definition) is 3. The molecule has 0 spiro atoms. The zero-order chi connectivity index (χ0) is 14.7. The Morgan fingerprint density at radius 1 is 1.20 bits per heavy atom. The second-order valence-electron chi connectivity index (χ2n) is 4.67. The fourth-order valence-corrected chi connectivity index (χ4v) is 2.12. The largest absolute Gasteiger partial charge is 0.504 e. The summed E-state index contributed by atoms with van der Waals surface area (Å²) in [6, 6.07) is 11.7. The molecule has 1 atom stereocenters. The van der Waals surface area contributed by atoms with Crippen LogP contribution in [0.4, 0.5) is 10.1 Å². The maximum atomic E-state index is 13.8. The Morgan fingerprint density at radius 3 is 2.55 bits per heavy atom. The number of methoxy groups -OCH3 is 1. The van der Waals surface area contributed by atoms with Crippen LogP contribution in [-0.4, -0.2) is 19.3 Å². The van der Waals surface area contributed by atoms with Gasteiger partial charge in [-0.2, -0.15) is 0 Å². The van der Waals surface area contributed by atoms with Crippen molar-refractivity contribution in [3.05, 3.63) is 53.8 Å². The minimum Gasteiger partial charge on any atom is -0.504 e. The van der Waals surface area contributed by atoms with E-state index in [-0.39, 0.29) is 17.6 Å². The third kappa shape index (κ3) is 2.69. The molecule has 1 unspecified atom stereocenters. The van der Waals surface area contributed by atoms with Crippen LogP contribution >= 0.6 is 0 Å². The van der Waals surface area contributed by atoms with Crippen molar-refractivity contribution in [1.82, 2.24) is 0 Å². The van der Waals surface area contributed by atoms with Crippen molar-refractivity contribution in [2.24, 2.45) is 0 Å². The number of nitrogens with zero attached hydrogens (tertiary/aromatic N) is 1. The molecule has 3 nitrogen and oxygen atoms in total. The zero-order valence-electron chi connectivity index (χ0n) is 11.8. The highest BCUT2D eigenvalue weighted by molar-refractivity contribution is 5.51. The molecule has 0 heterocycles. The van der Waals surface area contributed by atoms with E-state index >= 15 is 0 Å². The van der Waals surface area contributed by atoms with E-state index in [9.17, 15) is 9.50 Å². The maximum absolute atomic E-state index is 13.8. The lowest BCUT2D eigenvalue weighted by molar-refractivity contribution is 0.372. The fraction of sp³-hybridized carbons (Fsp3) is 0.250. The molecule has 20 heavy (non-hydrogen) atoms. The molecule has 1 N–H and O–H groups in total. The van der Waals surface area contributed by atoms with Crippen LogP contribution < -0.4 is 9.64 Å². The molecule has 0 aliphatic carbocycles. The number of para-hydroxylation sites is 1. The van der Waals surface area contributed by atoms with Crippen LogP contribution in [0.3, 0.4) is 0 Å². The normalized spacial score (nSPS) is 12.0. The number of halogens is 1. The number of aromatic hydroxyl groups is 1. The van der Waals surface area contributed by atoms with Crippen molar-refractivity contribution in [3.8, 4) is 11.5 Å². The summed E-state index contributed by atoms with van der Waals surface area (Å²) in [7, 11) is 3.34. The van der Waals surface area contributed by atoms with Crippen molar-refractivity contribution >= 4 is 5.69 Å². The maximum Gasteiger partial charge on any atom is 0.160 e. The van der Waals surface area contributed by atoms with E-state index in [1.54, 1.807) is 36.4 Å². The highest BCUT2D eigenvalue weighted by Crippen LogP contribution is 2.32. The predicted octanol–water partition coefficient (Wildman–Crippen LogP) is 3.74. The summed E-state index contributed by atoms with van der Waals surface area (Å²) in [5.41, 5.74) is 1.47. The SMILES string of the molecule is COc1cc(C(C)N(C)c2ccccc2F)ccc1O. The summed E-state index contributed by atoms with van der Waals surface area (Å²) in [5, 5.41) is 9.62. The summed E-state index contributed by atoms with van der Waals surface area (Å²) in [5.74, 6) is 0.251. The Balaban J connectivity index is 2.31.